The van der Waals surface area contributed by atoms with Crippen LogP contribution < -0.4 is 9.62 Å². The van der Waals surface area contributed by atoms with Gasteiger partial charge < -0.3 is 10.2 Å². The largest absolute Gasteiger partial charge is 0.352 e. The van der Waals surface area contributed by atoms with Crippen LogP contribution in [-0.4, -0.2) is 50.0 Å². The molecule has 1 atom stereocenters. The molecule has 3 rings (SSSR count). The van der Waals surface area contributed by atoms with E-state index in [9.17, 15) is 18.0 Å². The van der Waals surface area contributed by atoms with E-state index < -0.39 is 22.0 Å². The Balaban J connectivity index is 1.90. The molecule has 1 aliphatic rings. The van der Waals surface area contributed by atoms with Crippen LogP contribution in [0.3, 0.4) is 0 Å². The average molecular weight is 514 g/mol. The van der Waals surface area contributed by atoms with E-state index in [-0.39, 0.29) is 25.0 Å². The van der Waals surface area contributed by atoms with Crippen LogP contribution in [0.2, 0.25) is 0 Å². The third kappa shape index (κ3) is 7.56. The third-order valence-electron chi connectivity index (χ3n) is 6.78. The topological polar surface area (TPSA) is 86.8 Å². The normalized spacial score (nSPS) is 15.2. The summed E-state index contributed by atoms with van der Waals surface area (Å²) in [6, 6.07) is 14.3. The molecule has 0 radical (unpaired) electrons. The summed E-state index contributed by atoms with van der Waals surface area (Å²) < 4.78 is 26.5. The van der Waals surface area contributed by atoms with E-state index in [4.69, 9.17) is 0 Å². The van der Waals surface area contributed by atoms with Crippen molar-refractivity contribution in [3.8, 4) is 0 Å². The molecule has 36 heavy (non-hydrogen) atoms. The summed E-state index contributed by atoms with van der Waals surface area (Å²) >= 11 is 0. The number of anilines is 1. The van der Waals surface area contributed by atoms with Gasteiger partial charge in [-0.1, -0.05) is 68.1 Å². The minimum absolute atomic E-state index is 0.122. The van der Waals surface area contributed by atoms with Crippen molar-refractivity contribution in [2.45, 2.75) is 77.9 Å². The zero-order valence-corrected chi connectivity index (χ0v) is 22.7. The van der Waals surface area contributed by atoms with Crippen molar-refractivity contribution in [1.82, 2.24) is 10.2 Å². The standard InChI is InChI=1S/C28H39N3O4S/c1-5-26(28(33)29-24-11-7-6-8-12-24)30(19-23-16-14-21(2)15-17-23)27(32)20-31(36(4,34)35)25-13-9-10-22(3)18-25/h9-10,13-18,24,26H,5-8,11-12,19-20H2,1-4H3,(H,29,33)/t26-/m0/s1. The number of nitrogens with one attached hydrogen (secondary N) is 1. The SMILES string of the molecule is CC[C@@H](C(=O)NC1CCCCC1)N(Cc1ccc(C)cc1)C(=O)CN(c1cccc(C)c1)S(C)(=O)=O. The van der Waals surface area contributed by atoms with Crippen molar-refractivity contribution in [2.75, 3.05) is 17.1 Å². The molecular weight excluding hydrogens is 474 g/mol. The second kappa shape index (κ2) is 12.4. The molecule has 1 fully saturated rings. The van der Waals surface area contributed by atoms with E-state index >= 15 is 0 Å². The van der Waals surface area contributed by atoms with Crippen molar-refractivity contribution in [3.05, 3.63) is 65.2 Å². The third-order valence-corrected chi connectivity index (χ3v) is 7.92. The van der Waals surface area contributed by atoms with Gasteiger partial charge in [0.15, 0.2) is 0 Å². The summed E-state index contributed by atoms with van der Waals surface area (Å²) in [6.45, 7) is 5.60. The Bertz CT molecular complexity index is 1140. The Labute approximate surface area is 215 Å². The Kier molecular flexibility index (Phi) is 9.54. The maximum Gasteiger partial charge on any atom is 0.244 e. The molecule has 2 amide bonds. The number of amides is 2. The van der Waals surface area contributed by atoms with Crippen molar-refractivity contribution in [2.24, 2.45) is 0 Å². The molecule has 1 saturated carbocycles. The van der Waals surface area contributed by atoms with E-state index in [1.165, 1.54) is 11.3 Å². The number of rotatable bonds is 10. The van der Waals surface area contributed by atoms with Crippen molar-refractivity contribution in [1.29, 1.82) is 0 Å². The maximum absolute atomic E-state index is 13.8. The highest BCUT2D eigenvalue weighted by Crippen LogP contribution is 2.22. The Morgan fingerprint density at radius 2 is 1.67 bits per heavy atom. The number of nitrogens with zero attached hydrogens (tertiary/aromatic N) is 2. The van der Waals surface area contributed by atoms with Crippen molar-refractivity contribution < 1.29 is 18.0 Å². The molecule has 196 valence electrons. The van der Waals surface area contributed by atoms with Gasteiger partial charge in [-0.05, 0) is 56.4 Å². The maximum atomic E-state index is 13.8. The molecule has 0 unspecified atom stereocenters. The van der Waals surface area contributed by atoms with E-state index in [1.54, 1.807) is 18.2 Å². The highest BCUT2D eigenvalue weighted by molar-refractivity contribution is 7.92. The second-order valence-corrected chi connectivity index (χ2v) is 11.8. The molecule has 1 aliphatic carbocycles. The van der Waals surface area contributed by atoms with Gasteiger partial charge in [-0.25, -0.2) is 8.42 Å². The number of sulfonamides is 1. The molecule has 0 bridgehead atoms. The number of hydrogen-bond acceptors (Lipinski definition) is 4. The van der Waals surface area contributed by atoms with Crippen molar-refractivity contribution >= 4 is 27.5 Å². The number of carbonyl (C=O) groups excluding carboxylic acids is 2. The van der Waals surface area contributed by atoms with E-state index in [2.05, 4.69) is 5.32 Å². The Hall–Kier alpha value is -2.87. The summed E-state index contributed by atoms with van der Waals surface area (Å²) in [5, 5.41) is 3.16. The van der Waals surface area contributed by atoms with Gasteiger partial charge in [0, 0.05) is 12.6 Å². The molecular formula is C28H39N3O4S. The molecule has 0 aliphatic heterocycles. The lowest BCUT2D eigenvalue weighted by molar-refractivity contribution is -0.140. The number of benzene rings is 2. The van der Waals surface area contributed by atoms with Crippen LogP contribution in [0.1, 0.15) is 62.1 Å². The molecule has 0 aromatic heterocycles. The molecule has 8 heteroatoms. The lowest BCUT2D eigenvalue weighted by Gasteiger charge is -2.34. The van der Waals surface area contributed by atoms with Gasteiger partial charge in [0.1, 0.15) is 12.6 Å². The van der Waals surface area contributed by atoms with Gasteiger partial charge in [0.25, 0.3) is 0 Å². The first-order valence-electron chi connectivity index (χ1n) is 12.8. The van der Waals surface area contributed by atoms with E-state index in [0.29, 0.717) is 12.1 Å². The molecule has 0 spiro atoms. The predicted octanol–water partition coefficient (Wildman–Crippen LogP) is 4.33. The second-order valence-electron chi connectivity index (χ2n) is 9.88. The van der Waals surface area contributed by atoms with Crippen molar-refractivity contribution in [3.63, 3.8) is 0 Å². The monoisotopic (exact) mass is 513 g/mol. The summed E-state index contributed by atoms with van der Waals surface area (Å²) in [6.07, 6.45) is 6.79. The molecule has 2 aromatic carbocycles. The lowest BCUT2D eigenvalue weighted by atomic mass is 9.95. The van der Waals surface area contributed by atoms with Crippen LogP contribution >= 0.6 is 0 Å². The summed E-state index contributed by atoms with van der Waals surface area (Å²) in [5.41, 5.74) is 3.31. The zero-order valence-electron chi connectivity index (χ0n) is 21.9. The van der Waals surface area contributed by atoms with Crippen LogP contribution in [0.5, 0.6) is 0 Å². The molecule has 7 nitrogen and oxygen atoms in total. The number of aryl methyl sites for hydroxylation is 2. The summed E-state index contributed by atoms with van der Waals surface area (Å²) in [4.78, 5) is 28.7. The number of carbonyl (C=O) groups is 2. The zero-order chi connectivity index (χ0) is 26.3. The molecule has 0 heterocycles. The fraction of sp³-hybridized carbons (Fsp3) is 0.500. The quantitative estimate of drug-likeness (QED) is 0.512. The highest BCUT2D eigenvalue weighted by atomic mass is 32.2. The van der Waals surface area contributed by atoms with Gasteiger partial charge in [-0.2, -0.15) is 0 Å². The minimum Gasteiger partial charge on any atom is -0.352 e. The van der Waals surface area contributed by atoms with Gasteiger partial charge >= 0.3 is 0 Å². The lowest BCUT2D eigenvalue weighted by Crippen LogP contribution is -2.53. The molecule has 0 saturated heterocycles. The van der Waals surface area contributed by atoms with Gasteiger partial charge in [0.05, 0.1) is 11.9 Å². The first-order valence-corrected chi connectivity index (χ1v) is 14.6. The summed E-state index contributed by atoms with van der Waals surface area (Å²) in [7, 11) is -3.73. The average Bonchev–Trinajstić information content (AvgIpc) is 2.83. The Morgan fingerprint density at radius 1 is 1.00 bits per heavy atom. The first-order chi connectivity index (χ1) is 17.1. The van der Waals surface area contributed by atoms with Gasteiger partial charge in [-0.3, -0.25) is 13.9 Å². The molecule has 2 aromatic rings. The Morgan fingerprint density at radius 3 is 2.25 bits per heavy atom. The fourth-order valence-corrected chi connectivity index (χ4v) is 5.59. The first kappa shape index (κ1) is 27.7. The van der Waals surface area contributed by atoms with E-state index in [0.717, 1.165) is 52.9 Å². The van der Waals surface area contributed by atoms with E-state index in [1.807, 2.05) is 51.1 Å². The smallest absolute Gasteiger partial charge is 0.244 e. The van der Waals surface area contributed by atoms with Crippen LogP contribution in [0.4, 0.5) is 5.69 Å². The predicted molar refractivity (Wildman–Crippen MR) is 144 cm³/mol. The van der Waals surface area contributed by atoms with Crippen LogP contribution in [0.15, 0.2) is 48.5 Å². The van der Waals surface area contributed by atoms with Crippen LogP contribution in [0, 0.1) is 13.8 Å². The van der Waals surface area contributed by atoms with Crippen LogP contribution in [0.25, 0.3) is 0 Å². The highest BCUT2D eigenvalue weighted by Gasteiger charge is 2.32. The fourth-order valence-electron chi connectivity index (χ4n) is 4.75. The molecule has 1 N–H and O–H groups in total. The van der Waals surface area contributed by atoms with Gasteiger partial charge in [-0.15, -0.1) is 0 Å². The number of hydrogen-bond donors (Lipinski definition) is 1. The van der Waals surface area contributed by atoms with Crippen LogP contribution in [-0.2, 0) is 26.2 Å². The van der Waals surface area contributed by atoms with Gasteiger partial charge in [0.2, 0.25) is 21.8 Å². The minimum atomic E-state index is -3.73. The summed E-state index contributed by atoms with van der Waals surface area (Å²) in [5.74, 6) is -0.584.